The van der Waals surface area contributed by atoms with Crippen molar-refractivity contribution in [1.82, 2.24) is 5.01 Å². The molecule has 2 aromatic carbocycles. The smallest absolute Gasteiger partial charge is 0.254 e. The molecule has 1 saturated carbocycles. The van der Waals surface area contributed by atoms with Gasteiger partial charge in [-0.05, 0) is 70.2 Å². The van der Waals surface area contributed by atoms with E-state index in [0.717, 1.165) is 31.9 Å². The van der Waals surface area contributed by atoms with Gasteiger partial charge in [-0.25, -0.2) is 0 Å². The molecule has 29 heavy (non-hydrogen) atoms. The van der Waals surface area contributed by atoms with Gasteiger partial charge in [-0.2, -0.15) is 10.1 Å². The summed E-state index contributed by atoms with van der Waals surface area (Å²) in [7, 11) is 0. The molecule has 1 aliphatic heterocycles. The summed E-state index contributed by atoms with van der Waals surface area (Å²) < 4.78 is 6.84. The van der Waals surface area contributed by atoms with E-state index in [1.54, 1.807) is 6.21 Å². The number of hydrogen-bond acceptors (Lipinski definition) is 4. The average molecular weight is 498 g/mol. The van der Waals surface area contributed by atoms with Gasteiger partial charge >= 0.3 is 0 Å². The van der Waals surface area contributed by atoms with Crippen LogP contribution >= 0.6 is 22.6 Å². The quantitative estimate of drug-likeness (QED) is 0.271. The number of fused-ring (bicyclic) bond motifs is 5. The summed E-state index contributed by atoms with van der Waals surface area (Å²) in [6.45, 7) is 0.500. The van der Waals surface area contributed by atoms with Crippen molar-refractivity contribution in [3.8, 4) is 5.75 Å². The summed E-state index contributed by atoms with van der Waals surface area (Å²) >= 11 is 2.22. The highest BCUT2D eigenvalue weighted by molar-refractivity contribution is 14.1. The standard InChI is InChI=1S/C23H19IN2O3/c24-18-10-15(6-9-19(18)29-13-14-4-2-1-3-5-14)12-25-26-22(27)20-16-7-8-17(11-16)21(20)23(26)28/h1-10,12,16-17,20-21H,11,13H2. The molecule has 0 aromatic heterocycles. The van der Waals surface area contributed by atoms with Crippen molar-refractivity contribution in [2.45, 2.75) is 13.0 Å². The van der Waals surface area contributed by atoms with Crippen LogP contribution in [0.5, 0.6) is 5.75 Å². The van der Waals surface area contributed by atoms with E-state index in [-0.39, 0.29) is 35.5 Å². The number of ether oxygens (including phenoxy) is 1. The molecule has 2 aliphatic carbocycles. The van der Waals surface area contributed by atoms with Crippen LogP contribution in [0.3, 0.4) is 0 Å². The van der Waals surface area contributed by atoms with E-state index in [1.807, 2.05) is 48.5 Å². The minimum absolute atomic E-state index is 0.161. The first-order chi connectivity index (χ1) is 14.1. The number of allylic oxidation sites excluding steroid dienone is 2. The highest BCUT2D eigenvalue weighted by atomic mass is 127. The van der Waals surface area contributed by atoms with Crippen LogP contribution in [0.1, 0.15) is 17.5 Å². The first-order valence-corrected chi connectivity index (χ1v) is 10.8. The third-order valence-electron chi connectivity index (χ3n) is 5.96. The topological polar surface area (TPSA) is 59.0 Å². The van der Waals surface area contributed by atoms with E-state index < -0.39 is 0 Å². The zero-order valence-electron chi connectivity index (χ0n) is 15.6. The van der Waals surface area contributed by atoms with E-state index in [2.05, 4.69) is 39.8 Å². The molecule has 2 bridgehead atoms. The third kappa shape index (κ3) is 3.29. The maximum Gasteiger partial charge on any atom is 0.254 e. The van der Waals surface area contributed by atoms with Crippen molar-refractivity contribution in [3.63, 3.8) is 0 Å². The van der Waals surface area contributed by atoms with Crippen LogP contribution < -0.4 is 4.74 Å². The van der Waals surface area contributed by atoms with Crippen LogP contribution in [0.25, 0.3) is 0 Å². The number of halogens is 1. The second-order valence-electron chi connectivity index (χ2n) is 7.70. The summed E-state index contributed by atoms with van der Waals surface area (Å²) in [5.74, 6) is 0.424. The Hall–Kier alpha value is -2.48. The number of carbonyl (C=O) groups is 2. The molecule has 2 aromatic rings. The normalized spacial score (nSPS) is 27.3. The average Bonchev–Trinajstić information content (AvgIpc) is 3.41. The van der Waals surface area contributed by atoms with Gasteiger partial charge in [0.2, 0.25) is 0 Å². The van der Waals surface area contributed by atoms with Crippen molar-refractivity contribution < 1.29 is 14.3 Å². The summed E-state index contributed by atoms with van der Waals surface area (Å²) in [6.07, 6.45) is 6.67. The molecule has 5 rings (SSSR count). The van der Waals surface area contributed by atoms with Crippen molar-refractivity contribution in [1.29, 1.82) is 0 Å². The minimum Gasteiger partial charge on any atom is -0.488 e. The van der Waals surface area contributed by atoms with Gasteiger partial charge in [0.1, 0.15) is 12.4 Å². The third-order valence-corrected chi connectivity index (χ3v) is 6.81. The first-order valence-electron chi connectivity index (χ1n) is 9.68. The van der Waals surface area contributed by atoms with Crippen molar-refractivity contribution >= 4 is 40.6 Å². The summed E-state index contributed by atoms with van der Waals surface area (Å²) in [5, 5.41) is 5.31. The van der Waals surface area contributed by atoms with E-state index >= 15 is 0 Å². The number of hydrazone groups is 1. The zero-order valence-corrected chi connectivity index (χ0v) is 17.7. The second kappa shape index (κ2) is 7.40. The van der Waals surface area contributed by atoms with E-state index in [0.29, 0.717) is 6.61 Å². The van der Waals surface area contributed by atoms with Crippen LogP contribution in [0.15, 0.2) is 65.8 Å². The monoisotopic (exact) mass is 498 g/mol. The number of carbonyl (C=O) groups excluding carboxylic acids is 2. The molecule has 0 radical (unpaired) electrons. The van der Waals surface area contributed by atoms with Gasteiger partial charge in [-0.3, -0.25) is 9.59 Å². The molecule has 0 N–H and O–H groups in total. The highest BCUT2D eigenvalue weighted by Crippen LogP contribution is 2.52. The Kier molecular flexibility index (Phi) is 4.73. The number of rotatable bonds is 5. The molecule has 2 amide bonds. The lowest BCUT2D eigenvalue weighted by Crippen LogP contribution is -2.28. The number of nitrogens with zero attached hydrogens (tertiary/aromatic N) is 2. The maximum absolute atomic E-state index is 12.7. The van der Waals surface area contributed by atoms with E-state index in [9.17, 15) is 9.59 Å². The lowest BCUT2D eigenvalue weighted by atomic mass is 9.85. The van der Waals surface area contributed by atoms with Gasteiger partial charge in [0.05, 0.1) is 21.6 Å². The predicted molar refractivity (Wildman–Crippen MR) is 117 cm³/mol. The predicted octanol–water partition coefficient (Wildman–Crippen LogP) is 4.01. The first kappa shape index (κ1) is 18.5. The van der Waals surface area contributed by atoms with Gasteiger partial charge in [0, 0.05) is 0 Å². The lowest BCUT2D eigenvalue weighted by molar-refractivity contribution is -0.140. The van der Waals surface area contributed by atoms with Crippen molar-refractivity contribution in [3.05, 3.63) is 75.4 Å². The van der Waals surface area contributed by atoms with Crippen LogP contribution in [-0.4, -0.2) is 23.0 Å². The molecule has 146 valence electrons. The SMILES string of the molecule is O=C1C2C3C=CC(C3)C2C(=O)N1N=Cc1ccc(OCc2ccccc2)c(I)c1. The molecule has 1 heterocycles. The Morgan fingerprint density at radius 3 is 2.38 bits per heavy atom. The van der Waals surface area contributed by atoms with Crippen LogP contribution in [-0.2, 0) is 16.2 Å². The van der Waals surface area contributed by atoms with Gasteiger partial charge in [-0.1, -0.05) is 42.5 Å². The summed E-state index contributed by atoms with van der Waals surface area (Å²) in [6, 6.07) is 15.7. The van der Waals surface area contributed by atoms with Crippen molar-refractivity contribution in [2.75, 3.05) is 0 Å². The Morgan fingerprint density at radius 2 is 1.72 bits per heavy atom. The Balaban J connectivity index is 1.27. The molecule has 4 unspecified atom stereocenters. The fraction of sp³-hybridized carbons (Fsp3) is 0.261. The molecular weight excluding hydrogens is 479 g/mol. The second-order valence-corrected chi connectivity index (χ2v) is 8.86. The molecule has 6 heteroatoms. The van der Waals surface area contributed by atoms with Crippen molar-refractivity contribution in [2.24, 2.45) is 28.8 Å². The lowest BCUT2D eigenvalue weighted by Gasteiger charge is -2.13. The van der Waals surface area contributed by atoms with Gasteiger partial charge < -0.3 is 4.74 Å². The molecule has 1 saturated heterocycles. The molecule has 3 aliphatic rings. The molecule has 4 atom stereocenters. The molecule has 5 nitrogen and oxygen atoms in total. The number of benzene rings is 2. The molecular formula is C23H19IN2O3. The van der Waals surface area contributed by atoms with Crippen LogP contribution in [0, 0.1) is 27.2 Å². The van der Waals surface area contributed by atoms with E-state index in [4.69, 9.17) is 4.74 Å². The molecule has 2 fully saturated rings. The summed E-state index contributed by atoms with van der Waals surface area (Å²) in [4.78, 5) is 25.4. The zero-order chi connectivity index (χ0) is 20.0. The van der Waals surface area contributed by atoms with E-state index in [1.165, 1.54) is 0 Å². The summed E-state index contributed by atoms with van der Waals surface area (Å²) in [5.41, 5.74) is 1.93. The number of imide groups is 1. The molecule has 0 spiro atoms. The maximum atomic E-state index is 12.7. The fourth-order valence-electron chi connectivity index (χ4n) is 4.57. The highest BCUT2D eigenvalue weighted by Gasteiger charge is 2.59. The number of amides is 2. The van der Waals surface area contributed by atoms with Crippen LogP contribution in [0.4, 0.5) is 0 Å². The van der Waals surface area contributed by atoms with Gasteiger partial charge in [0.25, 0.3) is 11.8 Å². The fourth-order valence-corrected chi connectivity index (χ4v) is 5.27. The van der Waals surface area contributed by atoms with Crippen LogP contribution in [0.2, 0.25) is 0 Å². The number of hydrogen-bond donors (Lipinski definition) is 0. The Labute approximate surface area is 182 Å². The Morgan fingerprint density at radius 1 is 1.03 bits per heavy atom. The largest absolute Gasteiger partial charge is 0.488 e. The van der Waals surface area contributed by atoms with Gasteiger partial charge in [-0.15, -0.1) is 0 Å². The Bertz CT molecular complexity index is 1000. The van der Waals surface area contributed by atoms with Gasteiger partial charge in [0.15, 0.2) is 0 Å². The minimum atomic E-state index is -0.219.